The van der Waals surface area contributed by atoms with E-state index >= 15 is 0 Å². The van der Waals surface area contributed by atoms with Crippen LogP contribution in [0.5, 0.6) is 23.0 Å². The Balaban J connectivity index is 1.70. The number of rotatable bonds is 10. The quantitative estimate of drug-likeness (QED) is 0.239. The smallest absolute Gasteiger partial charge is 0.336 e. The van der Waals surface area contributed by atoms with Crippen molar-refractivity contribution in [2.75, 3.05) is 13.7 Å². The van der Waals surface area contributed by atoms with Crippen LogP contribution < -0.4 is 9.47 Å². The van der Waals surface area contributed by atoms with Crippen LogP contribution in [-0.2, 0) is 20.7 Å². The maximum Gasteiger partial charge on any atom is 0.336 e. The zero-order chi connectivity index (χ0) is 24.5. The molecule has 2 N–H and O–H groups in total. The maximum atomic E-state index is 11.9. The molecule has 0 aromatic heterocycles. The monoisotopic (exact) mass is 462 g/mol. The summed E-state index contributed by atoms with van der Waals surface area (Å²) in [4.78, 5) is 23.3. The van der Waals surface area contributed by atoms with Gasteiger partial charge in [0.2, 0.25) is 0 Å². The van der Waals surface area contributed by atoms with Crippen LogP contribution in [0.4, 0.5) is 0 Å². The maximum absolute atomic E-state index is 11.9. The first kappa shape index (κ1) is 24.4. The summed E-state index contributed by atoms with van der Waals surface area (Å²) in [5, 5.41) is 19.5. The molecule has 3 rings (SSSR count). The zero-order valence-electron chi connectivity index (χ0n) is 19.0. The van der Waals surface area contributed by atoms with Gasteiger partial charge in [-0.2, -0.15) is 0 Å². The van der Waals surface area contributed by atoms with Crippen LogP contribution in [0.1, 0.15) is 30.0 Å². The normalized spacial score (nSPS) is 11.1. The van der Waals surface area contributed by atoms with E-state index in [9.17, 15) is 19.8 Å². The number of esters is 1. The number of ether oxygens (including phenoxy) is 3. The van der Waals surface area contributed by atoms with Crippen molar-refractivity contribution < 1.29 is 34.0 Å². The molecule has 3 aromatic rings. The highest BCUT2D eigenvalue weighted by atomic mass is 16.5. The molecule has 3 aromatic carbocycles. The molecule has 7 nitrogen and oxygen atoms in total. The lowest BCUT2D eigenvalue weighted by Gasteiger charge is -2.09. The van der Waals surface area contributed by atoms with Gasteiger partial charge in [0.15, 0.2) is 0 Å². The van der Waals surface area contributed by atoms with Crippen LogP contribution in [-0.4, -0.2) is 35.9 Å². The van der Waals surface area contributed by atoms with Crippen molar-refractivity contribution in [3.8, 4) is 23.0 Å². The Morgan fingerprint density at radius 2 is 1.56 bits per heavy atom. The number of hydrogen-bond acceptors (Lipinski definition) is 6. The second-order valence-electron chi connectivity index (χ2n) is 7.40. The number of phenols is 1. The van der Waals surface area contributed by atoms with Gasteiger partial charge in [0.1, 0.15) is 23.0 Å². The third kappa shape index (κ3) is 6.87. The SMILES string of the molecule is CCOC(=O)CCc1ccc(Oc2ccc(/C(=C\c3cc(O)cc(OC)c3)C(=O)O)cc2)cc1. The van der Waals surface area contributed by atoms with Gasteiger partial charge < -0.3 is 24.4 Å². The molecule has 0 fully saturated rings. The second-order valence-corrected chi connectivity index (χ2v) is 7.40. The minimum atomic E-state index is -1.10. The summed E-state index contributed by atoms with van der Waals surface area (Å²) in [6.45, 7) is 2.15. The first-order chi connectivity index (χ1) is 16.4. The number of carboxylic acid groups (broad SMARTS) is 1. The highest BCUT2D eigenvalue weighted by molar-refractivity contribution is 6.20. The van der Waals surface area contributed by atoms with Crippen molar-refractivity contribution in [3.05, 3.63) is 83.4 Å². The number of aliphatic carboxylic acids is 1. The van der Waals surface area contributed by atoms with Crippen LogP contribution in [0.2, 0.25) is 0 Å². The summed E-state index contributed by atoms with van der Waals surface area (Å²) in [5.74, 6) is 0.244. The summed E-state index contributed by atoms with van der Waals surface area (Å²) < 4.78 is 15.9. The standard InChI is InChI=1S/C27H26O7/c1-3-33-26(29)13-6-18-4-9-22(10-5-18)34-23-11-7-20(8-12-23)25(27(30)31)16-19-14-21(28)17-24(15-19)32-2/h4-5,7-12,14-17,28H,3,6,13H2,1-2H3,(H,30,31)/b25-16+. The summed E-state index contributed by atoms with van der Waals surface area (Å²) in [6.07, 6.45) is 2.38. The summed E-state index contributed by atoms with van der Waals surface area (Å²) >= 11 is 0. The molecule has 0 bridgehead atoms. The molecule has 34 heavy (non-hydrogen) atoms. The summed E-state index contributed by atoms with van der Waals surface area (Å²) in [7, 11) is 1.47. The van der Waals surface area contributed by atoms with E-state index in [1.54, 1.807) is 37.3 Å². The highest BCUT2D eigenvalue weighted by Gasteiger charge is 2.12. The minimum Gasteiger partial charge on any atom is -0.508 e. The molecule has 7 heteroatoms. The summed E-state index contributed by atoms with van der Waals surface area (Å²) in [5.41, 5.74) is 2.04. The lowest BCUT2D eigenvalue weighted by Crippen LogP contribution is -2.05. The van der Waals surface area contributed by atoms with Crippen LogP contribution in [0, 0.1) is 0 Å². The van der Waals surface area contributed by atoms with Crippen molar-refractivity contribution in [1.82, 2.24) is 0 Å². The van der Waals surface area contributed by atoms with Crippen LogP contribution >= 0.6 is 0 Å². The fourth-order valence-corrected chi connectivity index (χ4v) is 3.28. The number of aromatic hydroxyl groups is 1. The third-order valence-corrected chi connectivity index (χ3v) is 4.94. The molecule has 0 spiro atoms. The van der Waals surface area contributed by atoms with Gasteiger partial charge in [-0.05, 0) is 72.5 Å². The number of carboxylic acids is 1. The van der Waals surface area contributed by atoms with Gasteiger partial charge in [0, 0.05) is 12.5 Å². The first-order valence-corrected chi connectivity index (χ1v) is 10.7. The number of benzene rings is 3. The number of carbonyl (C=O) groups excluding carboxylic acids is 1. The molecule has 0 unspecified atom stereocenters. The molecule has 0 aliphatic heterocycles. The van der Waals surface area contributed by atoms with Crippen LogP contribution in [0.15, 0.2) is 66.7 Å². The molecule has 0 amide bonds. The molecule has 0 heterocycles. The molecule has 0 radical (unpaired) electrons. The van der Waals surface area contributed by atoms with Crippen molar-refractivity contribution in [2.24, 2.45) is 0 Å². The molecule has 0 aliphatic rings. The average Bonchev–Trinajstić information content (AvgIpc) is 2.82. The Morgan fingerprint density at radius 1 is 0.912 bits per heavy atom. The van der Waals surface area contributed by atoms with Gasteiger partial charge >= 0.3 is 11.9 Å². The van der Waals surface area contributed by atoms with Gasteiger partial charge in [-0.1, -0.05) is 24.3 Å². The highest BCUT2D eigenvalue weighted by Crippen LogP contribution is 2.28. The Kier molecular flexibility index (Phi) is 8.29. The van der Waals surface area contributed by atoms with Crippen LogP contribution in [0.3, 0.4) is 0 Å². The molecular weight excluding hydrogens is 436 g/mol. The Bertz CT molecular complexity index is 1160. The Morgan fingerprint density at radius 3 is 2.15 bits per heavy atom. The lowest BCUT2D eigenvalue weighted by atomic mass is 10.0. The molecular formula is C27H26O7. The van der Waals surface area contributed by atoms with E-state index in [4.69, 9.17) is 14.2 Å². The van der Waals surface area contributed by atoms with Gasteiger partial charge in [-0.25, -0.2) is 4.79 Å². The Hall–Kier alpha value is -4.26. The molecule has 0 saturated carbocycles. The van der Waals surface area contributed by atoms with E-state index in [2.05, 4.69) is 0 Å². The predicted molar refractivity (Wildman–Crippen MR) is 128 cm³/mol. The number of phenolic OH excluding ortho intramolecular Hbond substituents is 1. The van der Waals surface area contributed by atoms with E-state index in [0.29, 0.717) is 47.8 Å². The number of carbonyl (C=O) groups is 2. The van der Waals surface area contributed by atoms with Crippen LogP contribution in [0.25, 0.3) is 11.6 Å². The number of methoxy groups -OCH3 is 1. The second kappa shape index (κ2) is 11.6. The van der Waals surface area contributed by atoms with Crippen molar-refractivity contribution >= 4 is 23.6 Å². The largest absolute Gasteiger partial charge is 0.508 e. The minimum absolute atomic E-state index is 0.0222. The van der Waals surface area contributed by atoms with Gasteiger partial charge in [0.05, 0.1) is 19.3 Å². The number of hydrogen-bond donors (Lipinski definition) is 2. The van der Waals surface area contributed by atoms with E-state index in [1.165, 1.54) is 25.3 Å². The molecule has 0 aliphatic carbocycles. The molecule has 0 saturated heterocycles. The van der Waals surface area contributed by atoms with Gasteiger partial charge in [-0.15, -0.1) is 0 Å². The lowest BCUT2D eigenvalue weighted by molar-refractivity contribution is -0.143. The first-order valence-electron chi connectivity index (χ1n) is 10.7. The predicted octanol–water partition coefficient (Wildman–Crippen LogP) is 5.31. The summed E-state index contributed by atoms with van der Waals surface area (Å²) in [6, 6.07) is 18.6. The van der Waals surface area contributed by atoms with E-state index < -0.39 is 5.97 Å². The molecule has 0 atom stereocenters. The topological polar surface area (TPSA) is 102 Å². The average molecular weight is 462 g/mol. The van der Waals surface area contributed by atoms with E-state index in [0.717, 1.165) is 5.56 Å². The fourth-order valence-electron chi connectivity index (χ4n) is 3.28. The van der Waals surface area contributed by atoms with E-state index in [1.807, 2.05) is 24.3 Å². The van der Waals surface area contributed by atoms with Gasteiger partial charge in [0.25, 0.3) is 0 Å². The van der Waals surface area contributed by atoms with Crippen molar-refractivity contribution in [2.45, 2.75) is 19.8 Å². The van der Waals surface area contributed by atoms with Crippen molar-refractivity contribution in [3.63, 3.8) is 0 Å². The number of aryl methyl sites for hydroxylation is 1. The molecule has 176 valence electrons. The van der Waals surface area contributed by atoms with E-state index in [-0.39, 0.29) is 17.3 Å². The van der Waals surface area contributed by atoms with Crippen molar-refractivity contribution in [1.29, 1.82) is 0 Å². The zero-order valence-corrected chi connectivity index (χ0v) is 19.0. The van der Waals surface area contributed by atoms with Gasteiger partial charge in [-0.3, -0.25) is 4.79 Å². The Labute approximate surface area is 197 Å². The third-order valence-electron chi connectivity index (χ3n) is 4.94. The fraction of sp³-hybridized carbons (Fsp3) is 0.185.